The molecule has 4 nitrogen and oxygen atoms in total. The summed E-state index contributed by atoms with van der Waals surface area (Å²) in [6.45, 7) is 5.90. The van der Waals surface area contributed by atoms with E-state index in [9.17, 15) is 4.79 Å². The molecular formula is C18H20ClNO3. The van der Waals surface area contributed by atoms with Crippen molar-refractivity contribution in [3.63, 3.8) is 0 Å². The number of ether oxygens (including phenoxy) is 2. The molecule has 0 aliphatic heterocycles. The van der Waals surface area contributed by atoms with E-state index in [1.54, 1.807) is 25.3 Å². The summed E-state index contributed by atoms with van der Waals surface area (Å²) in [5.41, 5.74) is 3.79. The summed E-state index contributed by atoms with van der Waals surface area (Å²) in [5.74, 6) is 1.08. The molecule has 1 amide bonds. The highest BCUT2D eigenvalue weighted by Crippen LogP contribution is 2.28. The van der Waals surface area contributed by atoms with Gasteiger partial charge in [0.15, 0.2) is 6.61 Å². The van der Waals surface area contributed by atoms with Crippen LogP contribution in [-0.4, -0.2) is 19.6 Å². The molecule has 0 saturated heterocycles. The fourth-order valence-corrected chi connectivity index (χ4v) is 2.48. The number of halogens is 1. The van der Waals surface area contributed by atoms with Gasteiger partial charge >= 0.3 is 0 Å². The second-order valence-electron chi connectivity index (χ2n) is 5.34. The van der Waals surface area contributed by atoms with Crippen molar-refractivity contribution in [3.8, 4) is 11.5 Å². The molecule has 5 heteroatoms. The molecule has 0 unspecified atom stereocenters. The highest BCUT2D eigenvalue weighted by molar-refractivity contribution is 6.32. The molecule has 0 aliphatic carbocycles. The summed E-state index contributed by atoms with van der Waals surface area (Å²) in [4.78, 5) is 12.0. The Morgan fingerprint density at radius 1 is 1.13 bits per heavy atom. The van der Waals surface area contributed by atoms with E-state index in [2.05, 4.69) is 5.32 Å². The van der Waals surface area contributed by atoms with Crippen molar-refractivity contribution in [2.75, 3.05) is 19.0 Å². The first kappa shape index (κ1) is 17.2. The van der Waals surface area contributed by atoms with Crippen molar-refractivity contribution < 1.29 is 14.3 Å². The lowest BCUT2D eigenvalue weighted by Crippen LogP contribution is -2.20. The Kier molecular flexibility index (Phi) is 5.50. The van der Waals surface area contributed by atoms with Gasteiger partial charge in [-0.25, -0.2) is 0 Å². The number of carbonyl (C=O) groups excluding carboxylic acids is 1. The fraction of sp³-hybridized carbons (Fsp3) is 0.278. The largest absolute Gasteiger partial charge is 0.495 e. The number of carbonyl (C=O) groups is 1. The monoisotopic (exact) mass is 333 g/mol. The maximum atomic E-state index is 12.0. The minimum absolute atomic E-state index is 0.0607. The predicted octanol–water partition coefficient (Wildman–Crippen LogP) is 4.29. The molecule has 0 heterocycles. The lowest BCUT2D eigenvalue weighted by Gasteiger charge is -2.14. The van der Waals surface area contributed by atoms with E-state index in [-0.39, 0.29) is 12.5 Å². The smallest absolute Gasteiger partial charge is 0.262 e. The zero-order valence-electron chi connectivity index (χ0n) is 13.7. The van der Waals surface area contributed by atoms with Crippen LogP contribution in [0, 0.1) is 20.8 Å². The fourth-order valence-electron chi connectivity index (χ4n) is 2.23. The maximum Gasteiger partial charge on any atom is 0.262 e. The zero-order chi connectivity index (χ0) is 17.0. The van der Waals surface area contributed by atoms with E-state index < -0.39 is 0 Å². The van der Waals surface area contributed by atoms with Crippen LogP contribution >= 0.6 is 11.6 Å². The maximum absolute atomic E-state index is 12.0. The standard InChI is InChI=1S/C18H20ClNO3/c1-11-5-6-12(2)18(13(11)3)23-10-17(21)20-14-7-8-16(22-4)15(19)9-14/h5-9H,10H2,1-4H3,(H,20,21). The number of benzene rings is 2. The Hall–Kier alpha value is -2.20. The van der Waals surface area contributed by atoms with Crippen molar-refractivity contribution in [2.24, 2.45) is 0 Å². The topological polar surface area (TPSA) is 47.6 Å². The number of rotatable bonds is 5. The zero-order valence-corrected chi connectivity index (χ0v) is 14.5. The highest BCUT2D eigenvalue weighted by atomic mass is 35.5. The van der Waals surface area contributed by atoms with Gasteiger partial charge in [-0.05, 0) is 55.7 Å². The third-order valence-electron chi connectivity index (χ3n) is 3.66. The molecule has 2 rings (SSSR count). The summed E-state index contributed by atoms with van der Waals surface area (Å²) >= 11 is 6.04. The second-order valence-corrected chi connectivity index (χ2v) is 5.75. The van der Waals surface area contributed by atoms with Crippen LogP contribution in [0.25, 0.3) is 0 Å². The van der Waals surface area contributed by atoms with Crippen LogP contribution in [0.4, 0.5) is 5.69 Å². The van der Waals surface area contributed by atoms with Gasteiger partial charge in [-0.3, -0.25) is 4.79 Å². The number of hydrogen-bond acceptors (Lipinski definition) is 3. The third-order valence-corrected chi connectivity index (χ3v) is 3.95. The summed E-state index contributed by atoms with van der Waals surface area (Å²) in [6.07, 6.45) is 0. The number of amides is 1. The molecule has 0 saturated carbocycles. The van der Waals surface area contributed by atoms with E-state index >= 15 is 0 Å². The Morgan fingerprint density at radius 2 is 1.83 bits per heavy atom. The molecule has 0 radical (unpaired) electrons. The van der Waals surface area contributed by atoms with Gasteiger partial charge < -0.3 is 14.8 Å². The summed E-state index contributed by atoms with van der Waals surface area (Å²) in [6, 6.07) is 9.09. The van der Waals surface area contributed by atoms with Crippen LogP contribution in [0.5, 0.6) is 11.5 Å². The minimum atomic E-state index is -0.244. The van der Waals surface area contributed by atoms with E-state index in [0.717, 1.165) is 22.4 Å². The van der Waals surface area contributed by atoms with Gasteiger partial charge in [0.1, 0.15) is 11.5 Å². The van der Waals surface area contributed by atoms with Crippen molar-refractivity contribution in [1.82, 2.24) is 0 Å². The van der Waals surface area contributed by atoms with Crippen LogP contribution in [0.15, 0.2) is 30.3 Å². The molecule has 23 heavy (non-hydrogen) atoms. The molecule has 0 bridgehead atoms. The molecule has 0 aromatic heterocycles. The molecule has 0 fully saturated rings. The van der Waals surface area contributed by atoms with Crippen LogP contribution in [0.2, 0.25) is 5.02 Å². The van der Waals surface area contributed by atoms with Gasteiger partial charge in [0.2, 0.25) is 0 Å². The summed E-state index contributed by atoms with van der Waals surface area (Å²) in [7, 11) is 1.54. The average molecular weight is 334 g/mol. The van der Waals surface area contributed by atoms with Crippen LogP contribution < -0.4 is 14.8 Å². The van der Waals surface area contributed by atoms with Crippen LogP contribution in [-0.2, 0) is 4.79 Å². The number of anilines is 1. The van der Waals surface area contributed by atoms with Gasteiger partial charge in [-0.2, -0.15) is 0 Å². The van der Waals surface area contributed by atoms with Gasteiger partial charge in [-0.1, -0.05) is 23.7 Å². The third kappa shape index (κ3) is 4.17. The molecule has 1 N–H and O–H groups in total. The quantitative estimate of drug-likeness (QED) is 0.887. The first-order chi connectivity index (χ1) is 10.9. The lowest BCUT2D eigenvalue weighted by atomic mass is 10.1. The van der Waals surface area contributed by atoms with Crippen LogP contribution in [0.1, 0.15) is 16.7 Å². The molecule has 0 atom stereocenters. The average Bonchev–Trinajstić information content (AvgIpc) is 2.51. The molecule has 2 aromatic rings. The molecule has 0 spiro atoms. The van der Waals surface area contributed by atoms with Crippen molar-refractivity contribution in [2.45, 2.75) is 20.8 Å². The molecule has 2 aromatic carbocycles. The molecule has 122 valence electrons. The van der Waals surface area contributed by atoms with Gasteiger partial charge in [0, 0.05) is 5.69 Å². The van der Waals surface area contributed by atoms with Gasteiger partial charge in [-0.15, -0.1) is 0 Å². The highest BCUT2D eigenvalue weighted by Gasteiger charge is 2.10. The lowest BCUT2D eigenvalue weighted by molar-refractivity contribution is -0.118. The summed E-state index contributed by atoms with van der Waals surface area (Å²) < 4.78 is 10.8. The van der Waals surface area contributed by atoms with E-state index in [4.69, 9.17) is 21.1 Å². The number of hydrogen-bond donors (Lipinski definition) is 1. The Bertz CT molecular complexity index is 728. The Labute approximate surface area is 141 Å². The normalized spacial score (nSPS) is 10.3. The molecule has 0 aliphatic rings. The number of methoxy groups -OCH3 is 1. The van der Waals surface area contributed by atoms with E-state index in [1.807, 2.05) is 32.9 Å². The van der Waals surface area contributed by atoms with Crippen molar-refractivity contribution in [3.05, 3.63) is 52.0 Å². The SMILES string of the molecule is COc1ccc(NC(=O)COc2c(C)ccc(C)c2C)cc1Cl. The first-order valence-corrected chi connectivity index (χ1v) is 7.63. The first-order valence-electron chi connectivity index (χ1n) is 7.25. The predicted molar refractivity (Wildman–Crippen MR) is 92.8 cm³/mol. The molecular weight excluding hydrogens is 314 g/mol. The van der Waals surface area contributed by atoms with Gasteiger partial charge in [0.05, 0.1) is 12.1 Å². The number of nitrogens with one attached hydrogen (secondary N) is 1. The van der Waals surface area contributed by atoms with Crippen molar-refractivity contribution >= 4 is 23.2 Å². The van der Waals surface area contributed by atoms with Crippen LogP contribution in [0.3, 0.4) is 0 Å². The summed E-state index contributed by atoms with van der Waals surface area (Å²) in [5, 5.41) is 3.20. The Balaban J connectivity index is 2.01. The van der Waals surface area contributed by atoms with E-state index in [1.165, 1.54) is 0 Å². The Morgan fingerprint density at radius 3 is 2.48 bits per heavy atom. The number of aryl methyl sites for hydroxylation is 2. The minimum Gasteiger partial charge on any atom is -0.495 e. The van der Waals surface area contributed by atoms with Crippen molar-refractivity contribution in [1.29, 1.82) is 0 Å². The second kappa shape index (κ2) is 7.38. The van der Waals surface area contributed by atoms with E-state index in [0.29, 0.717) is 16.5 Å². The van der Waals surface area contributed by atoms with Gasteiger partial charge in [0.25, 0.3) is 5.91 Å².